The molecule has 112 valence electrons. The highest BCUT2D eigenvalue weighted by Crippen LogP contribution is 2.44. The molecule has 1 aromatic carbocycles. The maximum atomic E-state index is 3.63. The van der Waals surface area contributed by atoms with E-state index in [2.05, 4.69) is 52.2 Å². The van der Waals surface area contributed by atoms with Gasteiger partial charge in [-0.2, -0.15) is 0 Å². The largest absolute Gasteiger partial charge is 0.313 e. The van der Waals surface area contributed by atoms with Gasteiger partial charge in [0.05, 0.1) is 0 Å². The van der Waals surface area contributed by atoms with Gasteiger partial charge < -0.3 is 5.32 Å². The zero-order chi connectivity index (χ0) is 14.7. The van der Waals surface area contributed by atoms with E-state index in [-0.39, 0.29) is 0 Å². The van der Waals surface area contributed by atoms with Crippen LogP contribution in [0, 0.1) is 11.8 Å². The van der Waals surface area contributed by atoms with Gasteiger partial charge in [-0.05, 0) is 73.2 Å². The van der Waals surface area contributed by atoms with Crippen LogP contribution in [0.1, 0.15) is 68.8 Å². The highest BCUT2D eigenvalue weighted by Gasteiger charge is 2.34. The van der Waals surface area contributed by atoms with E-state index in [1.165, 1.54) is 18.4 Å². The first-order valence-corrected chi connectivity index (χ1v) is 8.47. The van der Waals surface area contributed by atoms with Gasteiger partial charge in [-0.1, -0.05) is 39.8 Å². The summed E-state index contributed by atoms with van der Waals surface area (Å²) in [5.74, 6) is 1.69. The molecule has 0 spiro atoms. The maximum absolute atomic E-state index is 3.63. The Kier molecular flexibility index (Phi) is 5.26. The second kappa shape index (κ2) is 6.76. The fourth-order valence-corrected chi connectivity index (χ4v) is 3.60. The van der Waals surface area contributed by atoms with E-state index < -0.39 is 0 Å². The normalized spacial score (nSPS) is 18.1. The molecule has 2 rings (SSSR count). The fraction of sp³-hybridized carbons (Fsp3) is 0.684. The van der Waals surface area contributed by atoms with Crippen LogP contribution in [0.15, 0.2) is 12.1 Å². The van der Waals surface area contributed by atoms with Crippen molar-refractivity contribution in [2.24, 2.45) is 11.8 Å². The third-order valence-electron chi connectivity index (χ3n) is 5.09. The third-order valence-corrected chi connectivity index (χ3v) is 5.09. The molecule has 0 aliphatic heterocycles. The first kappa shape index (κ1) is 15.6. The molecular formula is C19H31N. The van der Waals surface area contributed by atoms with E-state index in [1.807, 2.05) is 0 Å². The van der Waals surface area contributed by atoms with Gasteiger partial charge in [-0.3, -0.25) is 0 Å². The molecule has 2 unspecified atom stereocenters. The lowest BCUT2D eigenvalue weighted by atomic mass is 9.82. The maximum Gasteiger partial charge on any atom is 0.0351 e. The lowest BCUT2D eigenvalue weighted by Crippen LogP contribution is -2.27. The average molecular weight is 273 g/mol. The second-order valence-corrected chi connectivity index (χ2v) is 6.35. The van der Waals surface area contributed by atoms with E-state index in [0.717, 1.165) is 31.1 Å². The van der Waals surface area contributed by atoms with Crippen LogP contribution >= 0.6 is 0 Å². The van der Waals surface area contributed by atoms with Gasteiger partial charge in [0.2, 0.25) is 0 Å². The molecule has 1 N–H and O–H groups in total. The fourth-order valence-electron chi connectivity index (χ4n) is 3.60. The van der Waals surface area contributed by atoms with Crippen LogP contribution in [0.2, 0.25) is 0 Å². The summed E-state index contributed by atoms with van der Waals surface area (Å²) in [7, 11) is 2.14. The van der Waals surface area contributed by atoms with E-state index in [9.17, 15) is 0 Å². The molecule has 1 aliphatic carbocycles. The van der Waals surface area contributed by atoms with E-state index in [1.54, 1.807) is 16.7 Å². The van der Waals surface area contributed by atoms with Crippen LogP contribution in [0.4, 0.5) is 0 Å². The van der Waals surface area contributed by atoms with Crippen molar-refractivity contribution >= 4 is 0 Å². The van der Waals surface area contributed by atoms with E-state index >= 15 is 0 Å². The number of nitrogens with one attached hydrogen (secondary N) is 1. The molecular weight excluding hydrogens is 242 g/mol. The third kappa shape index (κ3) is 3.09. The SMILES string of the molecule is CCc1cc(CC)c(C(NC)C(C)C2CC2)c(CC)c1. The molecule has 0 radical (unpaired) electrons. The van der Waals surface area contributed by atoms with Crippen LogP contribution in [-0.4, -0.2) is 7.05 Å². The van der Waals surface area contributed by atoms with Crippen LogP contribution in [-0.2, 0) is 19.3 Å². The van der Waals surface area contributed by atoms with Gasteiger partial charge in [0.25, 0.3) is 0 Å². The van der Waals surface area contributed by atoms with Gasteiger partial charge in [0.15, 0.2) is 0 Å². The zero-order valence-corrected chi connectivity index (χ0v) is 13.9. The Morgan fingerprint density at radius 3 is 1.95 bits per heavy atom. The Bertz CT molecular complexity index is 420. The number of rotatable bonds is 7. The Labute approximate surface area is 125 Å². The van der Waals surface area contributed by atoms with Crippen molar-refractivity contribution < 1.29 is 0 Å². The van der Waals surface area contributed by atoms with Crippen molar-refractivity contribution in [3.8, 4) is 0 Å². The first-order chi connectivity index (χ1) is 9.65. The molecule has 20 heavy (non-hydrogen) atoms. The van der Waals surface area contributed by atoms with Crippen LogP contribution in [0.25, 0.3) is 0 Å². The molecule has 1 heteroatoms. The summed E-state index contributed by atoms with van der Waals surface area (Å²) in [5, 5.41) is 3.63. The highest BCUT2D eigenvalue weighted by atomic mass is 14.9. The predicted octanol–water partition coefficient (Wildman–Crippen LogP) is 4.68. The molecule has 1 fully saturated rings. The molecule has 0 aromatic heterocycles. The molecule has 0 saturated heterocycles. The molecule has 0 heterocycles. The summed E-state index contributed by atoms with van der Waals surface area (Å²) in [5.41, 5.74) is 6.23. The van der Waals surface area contributed by atoms with Crippen LogP contribution in [0.5, 0.6) is 0 Å². The summed E-state index contributed by atoms with van der Waals surface area (Å²) in [4.78, 5) is 0. The molecule has 1 saturated carbocycles. The summed E-state index contributed by atoms with van der Waals surface area (Å²) < 4.78 is 0. The van der Waals surface area contributed by atoms with Crippen molar-refractivity contribution in [2.45, 2.75) is 65.8 Å². The van der Waals surface area contributed by atoms with Crippen molar-refractivity contribution in [3.63, 3.8) is 0 Å². The molecule has 2 atom stereocenters. The number of benzene rings is 1. The van der Waals surface area contributed by atoms with Gasteiger partial charge in [-0.15, -0.1) is 0 Å². The van der Waals surface area contributed by atoms with Crippen molar-refractivity contribution in [1.29, 1.82) is 0 Å². The minimum Gasteiger partial charge on any atom is -0.313 e. The van der Waals surface area contributed by atoms with Gasteiger partial charge in [0, 0.05) is 6.04 Å². The van der Waals surface area contributed by atoms with E-state index in [0.29, 0.717) is 6.04 Å². The summed E-state index contributed by atoms with van der Waals surface area (Å²) in [6.07, 6.45) is 6.28. The number of hydrogen-bond donors (Lipinski definition) is 1. The second-order valence-electron chi connectivity index (χ2n) is 6.35. The van der Waals surface area contributed by atoms with Crippen LogP contribution in [0.3, 0.4) is 0 Å². The summed E-state index contributed by atoms with van der Waals surface area (Å²) in [6, 6.07) is 5.41. The lowest BCUT2D eigenvalue weighted by Gasteiger charge is -2.29. The quantitative estimate of drug-likeness (QED) is 0.760. The standard InChI is InChI=1S/C19H31N/c1-6-14-11-15(7-2)18(16(8-3)12-14)19(20-5)13(4)17-9-10-17/h11-13,17,19-20H,6-10H2,1-5H3. The van der Waals surface area contributed by atoms with Gasteiger partial charge in [0.1, 0.15) is 0 Å². The molecule has 0 bridgehead atoms. The van der Waals surface area contributed by atoms with Crippen LogP contribution < -0.4 is 5.32 Å². The molecule has 0 amide bonds. The predicted molar refractivity (Wildman–Crippen MR) is 88.3 cm³/mol. The number of aryl methyl sites for hydroxylation is 3. The smallest absolute Gasteiger partial charge is 0.0351 e. The molecule has 1 aromatic rings. The first-order valence-electron chi connectivity index (χ1n) is 8.47. The average Bonchev–Trinajstić information content (AvgIpc) is 3.32. The zero-order valence-electron chi connectivity index (χ0n) is 13.9. The Morgan fingerprint density at radius 1 is 1.05 bits per heavy atom. The molecule has 1 nitrogen and oxygen atoms in total. The summed E-state index contributed by atoms with van der Waals surface area (Å²) in [6.45, 7) is 9.29. The Morgan fingerprint density at radius 2 is 1.60 bits per heavy atom. The topological polar surface area (TPSA) is 12.0 Å². The summed E-state index contributed by atoms with van der Waals surface area (Å²) >= 11 is 0. The van der Waals surface area contributed by atoms with Crippen molar-refractivity contribution in [2.75, 3.05) is 7.05 Å². The van der Waals surface area contributed by atoms with Gasteiger partial charge in [-0.25, -0.2) is 0 Å². The highest BCUT2D eigenvalue weighted by molar-refractivity contribution is 5.42. The van der Waals surface area contributed by atoms with Gasteiger partial charge >= 0.3 is 0 Å². The Hall–Kier alpha value is -0.820. The lowest BCUT2D eigenvalue weighted by molar-refractivity contribution is 0.365. The number of hydrogen-bond acceptors (Lipinski definition) is 1. The monoisotopic (exact) mass is 273 g/mol. The Balaban J connectivity index is 2.45. The minimum atomic E-state index is 0.526. The van der Waals surface area contributed by atoms with E-state index in [4.69, 9.17) is 0 Å². The van der Waals surface area contributed by atoms with Crippen molar-refractivity contribution in [1.82, 2.24) is 5.32 Å². The molecule has 1 aliphatic rings. The van der Waals surface area contributed by atoms with Crippen molar-refractivity contribution in [3.05, 3.63) is 34.4 Å². The minimum absolute atomic E-state index is 0.526.